The number of carbonyl (C=O) groups is 1. The highest BCUT2D eigenvalue weighted by molar-refractivity contribution is 7.92. The normalized spacial score (nSPS) is 12.1. The van der Waals surface area contributed by atoms with Gasteiger partial charge in [0.2, 0.25) is 0 Å². The topological polar surface area (TPSA) is 63.7 Å². The van der Waals surface area contributed by atoms with Crippen LogP contribution >= 0.6 is 0 Å². The SMILES string of the molecule is CC(C)OC(=O)CN(c1cccc(C(F)(F)F)c1)S(=O)(=O)c1ccccc1. The number of esters is 1. The van der Waals surface area contributed by atoms with Crippen LogP contribution in [0.1, 0.15) is 19.4 Å². The Morgan fingerprint density at radius 1 is 1.07 bits per heavy atom. The molecular formula is C18H18F3NO4S. The van der Waals surface area contributed by atoms with Crippen molar-refractivity contribution in [3.05, 3.63) is 60.2 Å². The number of nitrogens with zero attached hydrogens (tertiary/aromatic N) is 1. The molecule has 5 nitrogen and oxygen atoms in total. The van der Waals surface area contributed by atoms with Gasteiger partial charge in [0.15, 0.2) is 0 Å². The predicted octanol–water partition coefficient (Wildman–Crippen LogP) is 3.85. The van der Waals surface area contributed by atoms with E-state index in [-0.39, 0.29) is 10.6 Å². The van der Waals surface area contributed by atoms with E-state index in [9.17, 15) is 26.4 Å². The molecule has 0 aliphatic carbocycles. The van der Waals surface area contributed by atoms with Crippen molar-refractivity contribution in [2.24, 2.45) is 0 Å². The van der Waals surface area contributed by atoms with Gasteiger partial charge in [-0.05, 0) is 44.2 Å². The molecule has 0 saturated heterocycles. The van der Waals surface area contributed by atoms with Crippen LogP contribution in [-0.4, -0.2) is 27.0 Å². The Morgan fingerprint density at radius 2 is 1.70 bits per heavy atom. The van der Waals surface area contributed by atoms with E-state index in [1.165, 1.54) is 30.3 Å². The summed E-state index contributed by atoms with van der Waals surface area (Å²) in [5, 5.41) is 0. The molecule has 0 aliphatic heterocycles. The molecule has 0 spiro atoms. The van der Waals surface area contributed by atoms with Gasteiger partial charge in [-0.1, -0.05) is 24.3 Å². The van der Waals surface area contributed by atoms with Crippen LogP contribution in [0.4, 0.5) is 18.9 Å². The minimum atomic E-state index is -4.66. The molecule has 27 heavy (non-hydrogen) atoms. The molecule has 0 heterocycles. The lowest BCUT2D eigenvalue weighted by atomic mass is 10.2. The molecule has 0 atom stereocenters. The highest BCUT2D eigenvalue weighted by Gasteiger charge is 2.33. The number of hydrogen-bond donors (Lipinski definition) is 0. The molecule has 0 aliphatic rings. The summed E-state index contributed by atoms with van der Waals surface area (Å²) in [6.45, 7) is 2.41. The zero-order valence-corrected chi connectivity index (χ0v) is 15.4. The fourth-order valence-electron chi connectivity index (χ4n) is 2.29. The molecule has 146 valence electrons. The average molecular weight is 401 g/mol. The third kappa shape index (κ3) is 5.22. The van der Waals surface area contributed by atoms with Crippen LogP contribution in [0.3, 0.4) is 0 Å². The average Bonchev–Trinajstić information content (AvgIpc) is 2.59. The van der Waals surface area contributed by atoms with Gasteiger partial charge in [0.05, 0.1) is 22.3 Å². The Bertz CT molecular complexity index is 896. The molecule has 2 aromatic carbocycles. The lowest BCUT2D eigenvalue weighted by molar-refractivity contribution is -0.145. The molecule has 0 saturated carbocycles. The smallest absolute Gasteiger partial charge is 0.416 e. The number of sulfonamides is 1. The van der Waals surface area contributed by atoms with Gasteiger partial charge < -0.3 is 4.74 Å². The van der Waals surface area contributed by atoms with Gasteiger partial charge in [0.25, 0.3) is 10.0 Å². The van der Waals surface area contributed by atoms with Crippen molar-refractivity contribution in [1.82, 2.24) is 0 Å². The second kappa shape index (κ2) is 7.99. The highest BCUT2D eigenvalue weighted by atomic mass is 32.2. The van der Waals surface area contributed by atoms with E-state index in [0.717, 1.165) is 12.1 Å². The van der Waals surface area contributed by atoms with Crippen molar-refractivity contribution >= 4 is 21.7 Å². The first-order chi connectivity index (χ1) is 12.5. The molecule has 0 N–H and O–H groups in total. The summed E-state index contributed by atoms with van der Waals surface area (Å²) >= 11 is 0. The minimum absolute atomic E-state index is 0.153. The lowest BCUT2D eigenvalue weighted by Gasteiger charge is -2.25. The van der Waals surface area contributed by atoms with Gasteiger partial charge in [-0.25, -0.2) is 8.42 Å². The van der Waals surface area contributed by atoms with Crippen molar-refractivity contribution in [1.29, 1.82) is 0 Å². The van der Waals surface area contributed by atoms with E-state index in [1.54, 1.807) is 19.9 Å². The number of benzene rings is 2. The molecule has 0 amide bonds. The molecule has 2 rings (SSSR count). The van der Waals surface area contributed by atoms with Crippen molar-refractivity contribution in [2.75, 3.05) is 10.8 Å². The van der Waals surface area contributed by atoms with Gasteiger partial charge in [-0.3, -0.25) is 9.10 Å². The Kier molecular flexibility index (Phi) is 6.15. The molecule has 0 fully saturated rings. The molecule has 0 radical (unpaired) electrons. The van der Waals surface area contributed by atoms with E-state index in [1.807, 2.05) is 0 Å². The molecule has 9 heteroatoms. The van der Waals surface area contributed by atoms with Crippen LogP contribution in [0.2, 0.25) is 0 Å². The van der Waals surface area contributed by atoms with Crippen LogP contribution in [-0.2, 0) is 25.7 Å². The number of rotatable bonds is 6. The molecule has 0 unspecified atom stereocenters. The van der Waals surface area contributed by atoms with Crippen LogP contribution in [0, 0.1) is 0 Å². The monoisotopic (exact) mass is 401 g/mol. The number of carbonyl (C=O) groups excluding carboxylic acids is 1. The molecule has 2 aromatic rings. The second-order valence-corrected chi connectivity index (χ2v) is 7.77. The summed E-state index contributed by atoms with van der Waals surface area (Å²) in [7, 11) is -4.28. The zero-order valence-electron chi connectivity index (χ0n) is 14.6. The Morgan fingerprint density at radius 3 is 2.26 bits per heavy atom. The number of halogens is 3. The quantitative estimate of drug-likeness (QED) is 0.690. The third-order valence-electron chi connectivity index (χ3n) is 3.43. The van der Waals surface area contributed by atoms with Crippen LogP contribution in [0.5, 0.6) is 0 Å². The van der Waals surface area contributed by atoms with Crippen molar-refractivity contribution in [3.63, 3.8) is 0 Å². The van der Waals surface area contributed by atoms with Gasteiger partial charge in [0, 0.05) is 0 Å². The third-order valence-corrected chi connectivity index (χ3v) is 5.22. The Labute approximate surface area is 155 Å². The summed E-state index contributed by atoms with van der Waals surface area (Å²) in [4.78, 5) is 11.9. The van der Waals surface area contributed by atoms with Crippen molar-refractivity contribution in [3.8, 4) is 0 Å². The summed E-state index contributed by atoms with van der Waals surface area (Å²) in [5.74, 6) is -0.873. The number of alkyl halides is 3. The van der Waals surface area contributed by atoms with Crippen LogP contribution in [0.15, 0.2) is 59.5 Å². The van der Waals surface area contributed by atoms with E-state index < -0.39 is 40.4 Å². The Balaban J connectivity index is 2.52. The fourth-order valence-corrected chi connectivity index (χ4v) is 3.71. The standard InChI is InChI=1S/C18H18F3NO4S/c1-13(2)26-17(23)12-22(27(24,25)16-9-4-3-5-10-16)15-8-6-7-14(11-15)18(19,20)21/h3-11,13H,12H2,1-2H3. The number of ether oxygens (including phenoxy) is 1. The molecular weight excluding hydrogens is 383 g/mol. The molecule has 0 aromatic heterocycles. The predicted molar refractivity (Wildman–Crippen MR) is 93.6 cm³/mol. The van der Waals surface area contributed by atoms with Gasteiger partial charge in [0.1, 0.15) is 6.54 Å². The van der Waals surface area contributed by atoms with Crippen LogP contribution < -0.4 is 4.31 Å². The summed E-state index contributed by atoms with van der Waals surface area (Å²) in [5.41, 5.74) is -1.31. The number of hydrogen-bond acceptors (Lipinski definition) is 4. The first-order valence-corrected chi connectivity index (χ1v) is 9.40. The largest absolute Gasteiger partial charge is 0.462 e. The minimum Gasteiger partial charge on any atom is -0.462 e. The van der Waals surface area contributed by atoms with E-state index in [2.05, 4.69) is 0 Å². The summed E-state index contributed by atoms with van der Waals surface area (Å²) in [6, 6.07) is 10.9. The maximum Gasteiger partial charge on any atom is 0.416 e. The lowest BCUT2D eigenvalue weighted by Crippen LogP contribution is -2.37. The number of anilines is 1. The van der Waals surface area contributed by atoms with E-state index in [0.29, 0.717) is 10.4 Å². The maximum atomic E-state index is 13.0. The highest BCUT2D eigenvalue weighted by Crippen LogP contribution is 2.33. The van der Waals surface area contributed by atoms with Gasteiger partial charge >= 0.3 is 12.1 Å². The van der Waals surface area contributed by atoms with Gasteiger partial charge in [-0.15, -0.1) is 0 Å². The molecule has 0 bridgehead atoms. The zero-order chi connectivity index (χ0) is 20.2. The summed E-state index contributed by atoms with van der Waals surface area (Å²) < 4.78 is 70.6. The van der Waals surface area contributed by atoms with Gasteiger partial charge in [-0.2, -0.15) is 13.2 Å². The fraction of sp³-hybridized carbons (Fsp3) is 0.278. The first-order valence-electron chi connectivity index (χ1n) is 7.96. The second-order valence-electron chi connectivity index (χ2n) is 5.91. The van der Waals surface area contributed by atoms with E-state index >= 15 is 0 Å². The first kappa shape index (κ1) is 20.8. The maximum absolute atomic E-state index is 13.0. The van der Waals surface area contributed by atoms with Crippen molar-refractivity contribution < 1.29 is 31.1 Å². The van der Waals surface area contributed by atoms with Crippen molar-refractivity contribution in [2.45, 2.75) is 31.0 Å². The Hall–Kier alpha value is -2.55. The summed E-state index contributed by atoms with van der Waals surface area (Å²) in [6.07, 6.45) is -5.16. The van der Waals surface area contributed by atoms with Crippen LogP contribution in [0.25, 0.3) is 0 Å². The van der Waals surface area contributed by atoms with E-state index in [4.69, 9.17) is 4.74 Å².